The quantitative estimate of drug-likeness (QED) is 0.849. The molecule has 0 aliphatic heterocycles. The Kier molecular flexibility index (Phi) is 5.08. The van der Waals surface area contributed by atoms with E-state index in [1.165, 1.54) is 24.2 Å². The van der Waals surface area contributed by atoms with E-state index in [9.17, 15) is 4.79 Å². The number of carbonyl (C=O) groups excluding carboxylic acids is 1. The van der Waals surface area contributed by atoms with Gasteiger partial charge in [0.2, 0.25) is 0 Å². The summed E-state index contributed by atoms with van der Waals surface area (Å²) in [4.78, 5) is 19.4. The van der Waals surface area contributed by atoms with Gasteiger partial charge in [0, 0.05) is 24.4 Å². The van der Waals surface area contributed by atoms with Gasteiger partial charge >= 0.3 is 0 Å². The second kappa shape index (κ2) is 7.23. The topological polar surface area (TPSA) is 59.2 Å². The predicted molar refractivity (Wildman–Crippen MR) is 93.4 cm³/mol. The summed E-state index contributed by atoms with van der Waals surface area (Å²) in [6, 6.07) is 10.4. The van der Waals surface area contributed by atoms with Crippen molar-refractivity contribution in [2.75, 3.05) is 6.54 Å². The summed E-state index contributed by atoms with van der Waals surface area (Å²) in [7, 11) is 0. The van der Waals surface area contributed by atoms with Crippen molar-refractivity contribution in [3.05, 3.63) is 52.0 Å². The molecule has 1 atom stereocenters. The van der Waals surface area contributed by atoms with Crippen LogP contribution in [-0.4, -0.2) is 28.4 Å². The molecule has 1 amide bonds. The lowest BCUT2D eigenvalue weighted by Crippen LogP contribution is -2.39. The Bertz CT molecular complexity index is 651. The van der Waals surface area contributed by atoms with Gasteiger partial charge in [0.1, 0.15) is 5.69 Å². The molecule has 5 heteroatoms. The maximum absolute atomic E-state index is 13.0. The van der Waals surface area contributed by atoms with Crippen molar-refractivity contribution < 1.29 is 4.79 Å². The lowest BCUT2D eigenvalue weighted by atomic mass is 10.1. The summed E-state index contributed by atoms with van der Waals surface area (Å²) in [6.07, 6.45) is 3.17. The van der Waals surface area contributed by atoms with Crippen molar-refractivity contribution in [2.45, 2.75) is 38.8 Å². The smallest absolute Gasteiger partial charge is 0.273 e. The van der Waals surface area contributed by atoms with Crippen LogP contribution < -0.4 is 5.73 Å². The number of amides is 1. The predicted octanol–water partition coefficient (Wildman–Crippen LogP) is 3.09. The summed E-state index contributed by atoms with van der Waals surface area (Å²) in [5.41, 5.74) is 7.29. The van der Waals surface area contributed by atoms with Crippen LogP contribution in [-0.2, 0) is 13.0 Å². The normalized spacial score (nSPS) is 15.4. The first-order valence-corrected chi connectivity index (χ1v) is 9.06. The first kappa shape index (κ1) is 16.1. The minimum absolute atomic E-state index is 0.0350. The number of nitrogens with two attached hydrogens (primary N) is 1. The second-order valence-electron chi connectivity index (χ2n) is 6.16. The van der Waals surface area contributed by atoms with Crippen LogP contribution in [0.25, 0.3) is 0 Å². The van der Waals surface area contributed by atoms with Gasteiger partial charge in [-0.3, -0.25) is 4.79 Å². The Morgan fingerprint density at radius 3 is 2.78 bits per heavy atom. The highest BCUT2D eigenvalue weighted by molar-refractivity contribution is 7.09. The van der Waals surface area contributed by atoms with Gasteiger partial charge in [-0.15, -0.1) is 11.3 Å². The number of aromatic nitrogens is 1. The maximum atomic E-state index is 13.0. The Morgan fingerprint density at radius 1 is 1.39 bits per heavy atom. The molecule has 122 valence electrons. The number of hydrogen-bond donors (Lipinski definition) is 1. The number of nitrogens with zero attached hydrogens (tertiary/aromatic N) is 2. The van der Waals surface area contributed by atoms with Crippen LogP contribution in [0.2, 0.25) is 0 Å². The van der Waals surface area contributed by atoms with E-state index in [-0.39, 0.29) is 11.9 Å². The fourth-order valence-corrected chi connectivity index (χ4v) is 3.60. The number of carbonyl (C=O) groups is 1. The molecule has 1 aliphatic rings. The van der Waals surface area contributed by atoms with E-state index in [2.05, 4.69) is 24.0 Å². The first-order valence-electron chi connectivity index (χ1n) is 8.18. The molecule has 1 heterocycles. The van der Waals surface area contributed by atoms with Gasteiger partial charge in [0.15, 0.2) is 0 Å². The SMILES string of the molecule is CC(C1CC1)N(Cc1ccccc1)C(=O)c1csc(CCN)n1. The Morgan fingerprint density at radius 2 is 2.13 bits per heavy atom. The average Bonchev–Trinajstić information content (AvgIpc) is 3.32. The third kappa shape index (κ3) is 3.98. The fraction of sp³-hybridized carbons (Fsp3) is 0.444. The largest absolute Gasteiger partial charge is 0.330 e. The van der Waals surface area contributed by atoms with Crippen LogP contribution in [0.15, 0.2) is 35.7 Å². The number of hydrogen-bond acceptors (Lipinski definition) is 4. The molecular weight excluding hydrogens is 306 g/mol. The molecule has 2 aromatic rings. The van der Waals surface area contributed by atoms with Crippen molar-refractivity contribution in [3.8, 4) is 0 Å². The zero-order valence-corrected chi connectivity index (χ0v) is 14.3. The number of benzene rings is 1. The Hall–Kier alpha value is -1.72. The second-order valence-corrected chi connectivity index (χ2v) is 7.10. The standard InChI is InChI=1S/C18H23N3OS/c1-13(15-7-8-15)21(11-14-5-3-2-4-6-14)18(22)16-12-23-17(20-16)9-10-19/h2-6,12-13,15H,7-11,19H2,1H3. The van der Waals surface area contributed by atoms with Crippen LogP contribution in [0.3, 0.4) is 0 Å². The Balaban J connectivity index is 1.79. The van der Waals surface area contributed by atoms with Gasteiger partial charge in [-0.1, -0.05) is 30.3 Å². The lowest BCUT2D eigenvalue weighted by Gasteiger charge is -2.29. The zero-order chi connectivity index (χ0) is 16.2. The number of thiazole rings is 1. The Labute approximate surface area is 141 Å². The van der Waals surface area contributed by atoms with Crippen molar-refractivity contribution in [1.29, 1.82) is 0 Å². The van der Waals surface area contributed by atoms with Crippen LogP contribution in [0.4, 0.5) is 0 Å². The van der Waals surface area contributed by atoms with E-state index in [4.69, 9.17) is 5.73 Å². The first-order chi connectivity index (χ1) is 11.2. The van der Waals surface area contributed by atoms with Crippen molar-refractivity contribution in [1.82, 2.24) is 9.88 Å². The van der Waals surface area contributed by atoms with E-state index in [1.807, 2.05) is 28.5 Å². The minimum Gasteiger partial charge on any atom is -0.330 e. The van der Waals surface area contributed by atoms with E-state index < -0.39 is 0 Å². The monoisotopic (exact) mass is 329 g/mol. The van der Waals surface area contributed by atoms with Crippen LogP contribution in [0.1, 0.15) is 40.8 Å². The molecule has 1 aromatic carbocycles. The van der Waals surface area contributed by atoms with Crippen LogP contribution in [0, 0.1) is 5.92 Å². The van der Waals surface area contributed by atoms with Gasteiger partial charge in [-0.2, -0.15) is 0 Å². The summed E-state index contributed by atoms with van der Waals surface area (Å²) < 4.78 is 0. The van der Waals surface area contributed by atoms with Crippen LogP contribution >= 0.6 is 11.3 Å². The summed E-state index contributed by atoms with van der Waals surface area (Å²) in [6.45, 7) is 3.36. The van der Waals surface area contributed by atoms with Gasteiger partial charge in [0.25, 0.3) is 5.91 Å². The molecule has 4 nitrogen and oxygen atoms in total. The highest BCUT2D eigenvalue weighted by Crippen LogP contribution is 2.36. The van der Waals surface area contributed by atoms with Gasteiger partial charge in [0.05, 0.1) is 5.01 Å². The molecule has 2 N–H and O–H groups in total. The molecule has 0 saturated heterocycles. The molecule has 0 radical (unpaired) electrons. The van der Waals surface area contributed by atoms with Crippen molar-refractivity contribution in [3.63, 3.8) is 0 Å². The average molecular weight is 329 g/mol. The molecule has 0 bridgehead atoms. The molecular formula is C18H23N3OS. The third-order valence-electron chi connectivity index (χ3n) is 4.38. The number of rotatable bonds is 7. The molecule has 1 aromatic heterocycles. The molecule has 23 heavy (non-hydrogen) atoms. The third-order valence-corrected chi connectivity index (χ3v) is 5.29. The molecule has 0 spiro atoms. The zero-order valence-electron chi connectivity index (χ0n) is 13.4. The van der Waals surface area contributed by atoms with E-state index in [0.717, 1.165) is 17.0 Å². The molecule has 1 saturated carbocycles. The van der Waals surface area contributed by atoms with Gasteiger partial charge in [-0.05, 0) is 37.8 Å². The fourth-order valence-electron chi connectivity index (χ4n) is 2.81. The summed E-state index contributed by atoms with van der Waals surface area (Å²) in [5.74, 6) is 0.664. The minimum atomic E-state index is 0.0350. The molecule has 1 unspecified atom stereocenters. The molecule has 1 fully saturated rings. The lowest BCUT2D eigenvalue weighted by molar-refractivity contribution is 0.0649. The summed E-state index contributed by atoms with van der Waals surface area (Å²) >= 11 is 1.52. The van der Waals surface area contributed by atoms with Crippen molar-refractivity contribution >= 4 is 17.2 Å². The van der Waals surface area contributed by atoms with Crippen molar-refractivity contribution in [2.24, 2.45) is 11.7 Å². The molecule has 1 aliphatic carbocycles. The van der Waals surface area contributed by atoms with Gasteiger partial charge < -0.3 is 10.6 Å². The summed E-state index contributed by atoms with van der Waals surface area (Å²) in [5, 5.41) is 2.81. The van der Waals surface area contributed by atoms with Crippen LogP contribution in [0.5, 0.6) is 0 Å². The highest BCUT2D eigenvalue weighted by atomic mass is 32.1. The highest BCUT2D eigenvalue weighted by Gasteiger charge is 2.35. The van der Waals surface area contributed by atoms with Gasteiger partial charge in [-0.25, -0.2) is 4.98 Å². The van der Waals surface area contributed by atoms with E-state index in [0.29, 0.717) is 24.7 Å². The van der Waals surface area contributed by atoms with E-state index >= 15 is 0 Å². The molecule has 3 rings (SSSR count). The maximum Gasteiger partial charge on any atom is 0.273 e. The van der Waals surface area contributed by atoms with E-state index in [1.54, 1.807) is 0 Å².